The van der Waals surface area contributed by atoms with Crippen molar-refractivity contribution in [3.63, 3.8) is 0 Å². The molecule has 0 saturated carbocycles. The van der Waals surface area contributed by atoms with Crippen LogP contribution in [-0.4, -0.2) is 40.4 Å². The minimum atomic E-state index is -0.181. The van der Waals surface area contributed by atoms with Gasteiger partial charge in [-0.1, -0.05) is 0 Å². The number of hydrogen-bond donors (Lipinski definition) is 1. The van der Waals surface area contributed by atoms with Crippen LogP contribution < -0.4 is 5.32 Å². The molecule has 2 aliphatic rings. The summed E-state index contributed by atoms with van der Waals surface area (Å²) in [5, 5.41) is 9.37. The number of carbonyl (C=O) groups is 1. The third-order valence-corrected chi connectivity index (χ3v) is 6.15. The van der Waals surface area contributed by atoms with E-state index < -0.39 is 0 Å². The molecule has 0 bridgehead atoms. The van der Waals surface area contributed by atoms with Gasteiger partial charge < -0.3 is 9.64 Å². The summed E-state index contributed by atoms with van der Waals surface area (Å²) in [5.74, 6) is 0.636. The zero-order valence-corrected chi connectivity index (χ0v) is 14.9. The van der Waals surface area contributed by atoms with Crippen LogP contribution in [0.2, 0.25) is 0 Å². The number of piperidine rings is 1. The highest BCUT2D eigenvalue weighted by Crippen LogP contribution is 2.44. The van der Waals surface area contributed by atoms with E-state index in [2.05, 4.69) is 21.9 Å². The normalized spacial score (nSPS) is 19.3. The number of anilines is 1. The number of carbonyl (C=O) groups excluding carboxylic acids is 1. The molecule has 2 aromatic heterocycles. The maximum Gasteiger partial charge on any atom is 0.323 e. The Morgan fingerprint density at radius 2 is 2.21 bits per heavy atom. The molecular formula is C17H22N4O2S. The van der Waals surface area contributed by atoms with Crippen molar-refractivity contribution in [2.24, 2.45) is 7.05 Å². The number of rotatable bonds is 1. The first-order valence-electron chi connectivity index (χ1n) is 8.34. The van der Waals surface area contributed by atoms with Crippen molar-refractivity contribution >= 4 is 23.2 Å². The third kappa shape index (κ3) is 2.61. The average molecular weight is 346 g/mol. The Morgan fingerprint density at radius 3 is 2.92 bits per heavy atom. The number of aryl methyl sites for hydroxylation is 2. The number of hydrogen-bond acceptors (Lipinski definition) is 4. The van der Waals surface area contributed by atoms with Gasteiger partial charge in [-0.15, -0.1) is 11.3 Å². The van der Waals surface area contributed by atoms with Crippen LogP contribution in [0.4, 0.5) is 10.6 Å². The lowest BCUT2D eigenvalue weighted by Crippen LogP contribution is -2.49. The molecule has 2 aliphatic heterocycles. The molecule has 4 rings (SSSR count). The molecule has 2 amide bonds. The molecule has 4 heterocycles. The summed E-state index contributed by atoms with van der Waals surface area (Å²) in [7, 11) is 1.85. The van der Waals surface area contributed by atoms with E-state index in [9.17, 15) is 4.79 Å². The van der Waals surface area contributed by atoms with Gasteiger partial charge in [-0.2, -0.15) is 5.10 Å². The van der Waals surface area contributed by atoms with Crippen molar-refractivity contribution in [2.75, 3.05) is 25.0 Å². The van der Waals surface area contributed by atoms with Crippen LogP contribution in [0.5, 0.6) is 0 Å². The molecule has 1 N–H and O–H groups in total. The van der Waals surface area contributed by atoms with Crippen LogP contribution in [0.25, 0.3) is 0 Å². The SMILES string of the molecule is Cc1cn(C)nc1NC(=O)N1CCC2(CC1)OCCc1ccsc12. The number of ether oxygens (including phenoxy) is 1. The van der Waals surface area contributed by atoms with Gasteiger partial charge in [0.05, 0.1) is 6.61 Å². The molecule has 1 saturated heterocycles. The first kappa shape index (κ1) is 15.7. The Labute approximate surface area is 145 Å². The van der Waals surface area contributed by atoms with Crippen LogP contribution in [0.15, 0.2) is 17.6 Å². The molecule has 0 unspecified atom stereocenters. The van der Waals surface area contributed by atoms with E-state index in [1.165, 1.54) is 10.4 Å². The molecule has 1 fully saturated rings. The van der Waals surface area contributed by atoms with E-state index in [-0.39, 0.29) is 11.6 Å². The zero-order chi connectivity index (χ0) is 16.7. The highest BCUT2D eigenvalue weighted by molar-refractivity contribution is 7.10. The summed E-state index contributed by atoms with van der Waals surface area (Å²) in [6.45, 7) is 4.13. The quantitative estimate of drug-likeness (QED) is 0.864. The molecular weight excluding hydrogens is 324 g/mol. The van der Waals surface area contributed by atoms with Crippen LogP contribution in [-0.2, 0) is 23.8 Å². The number of likely N-dealkylation sites (tertiary alicyclic amines) is 1. The first-order valence-corrected chi connectivity index (χ1v) is 9.22. The minimum absolute atomic E-state index is 0.0751. The Hall–Kier alpha value is -1.86. The van der Waals surface area contributed by atoms with Gasteiger partial charge in [0.1, 0.15) is 5.60 Å². The third-order valence-electron chi connectivity index (χ3n) is 5.01. The predicted molar refractivity (Wildman–Crippen MR) is 93.4 cm³/mol. The number of nitrogens with zero attached hydrogens (tertiary/aromatic N) is 3. The van der Waals surface area contributed by atoms with E-state index in [1.807, 2.05) is 25.1 Å². The largest absolute Gasteiger partial charge is 0.369 e. The van der Waals surface area contributed by atoms with Gasteiger partial charge in [-0.3, -0.25) is 10.00 Å². The molecule has 1 spiro atoms. The lowest BCUT2D eigenvalue weighted by Gasteiger charge is -2.43. The number of thiophene rings is 1. The molecule has 6 nitrogen and oxygen atoms in total. The van der Waals surface area contributed by atoms with Gasteiger partial charge in [0, 0.05) is 36.8 Å². The second-order valence-corrected chi connectivity index (χ2v) is 7.54. The Kier molecular flexibility index (Phi) is 3.85. The fourth-order valence-corrected chi connectivity index (χ4v) is 4.88. The maximum absolute atomic E-state index is 12.5. The number of amides is 2. The molecule has 0 atom stereocenters. The molecule has 0 aromatic carbocycles. The lowest BCUT2D eigenvalue weighted by molar-refractivity contribution is -0.0891. The van der Waals surface area contributed by atoms with Crippen molar-refractivity contribution in [3.8, 4) is 0 Å². The summed E-state index contributed by atoms with van der Waals surface area (Å²) >= 11 is 1.79. The highest BCUT2D eigenvalue weighted by Gasteiger charge is 2.42. The van der Waals surface area contributed by atoms with Crippen molar-refractivity contribution in [1.29, 1.82) is 0 Å². The topological polar surface area (TPSA) is 59.4 Å². The fourth-order valence-electron chi connectivity index (χ4n) is 3.71. The number of urea groups is 1. The van der Waals surface area contributed by atoms with Gasteiger partial charge in [-0.25, -0.2) is 4.79 Å². The van der Waals surface area contributed by atoms with Gasteiger partial charge >= 0.3 is 6.03 Å². The molecule has 0 radical (unpaired) electrons. The summed E-state index contributed by atoms with van der Waals surface area (Å²) in [6, 6.07) is 2.14. The van der Waals surface area contributed by atoms with Gasteiger partial charge in [-0.05, 0) is 43.2 Å². The number of fused-ring (bicyclic) bond motifs is 2. The van der Waals surface area contributed by atoms with Gasteiger partial charge in [0.25, 0.3) is 0 Å². The van der Waals surface area contributed by atoms with Crippen molar-refractivity contribution in [2.45, 2.75) is 31.8 Å². The zero-order valence-electron chi connectivity index (χ0n) is 14.0. The van der Waals surface area contributed by atoms with Crippen molar-refractivity contribution in [3.05, 3.63) is 33.6 Å². The molecule has 7 heteroatoms. The lowest BCUT2D eigenvalue weighted by atomic mass is 9.85. The maximum atomic E-state index is 12.5. The number of aromatic nitrogens is 2. The fraction of sp³-hybridized carbons (Fsp3) is 0.529. The Bertz CT molecular complexity index is 758. The van der Waals surface area contributed by atoms with Crippen molar-refractivity contribution in [1.82, 2.24) is 14.7 Å². The molecule has 0 aliphatic carbocycles. The average Bonchev–Trinajstić information content (AvgIpc) is 3.16. The van der Waals surface area contributed by atoms with Crippen LogP contribution in [0, 0.1) is 6.92 Å². The monoisotopic (exact) mass is 346 g/mol. The second-order valence-electron chi connectivity index (χ2n) is 6.62. The van der Waals surface area contributed by atoms with E-state index >= 15 is 0 Å². The Balaban J connectivity index is 1.43. The van der Waals surface area contributed by atoms with E-state index in [0.717, 1.165) is 31.4 Å². The van der Waals surface area contributed by atoms with Gasteiger partial charge in [0.2, 0.25) is 0 Å². The highest BCUT2D eigenvalue weighted by atomic mass is 32.1. The van der Waals surface area contributed by atoms with Crippen LogP contribution >= 0.6 is 11.3 Å². The van der Waals surface area contributed by atoms with Crippen LogP contribution in [0.3, 0.4) is 0 Å². The van der Waals surface area contributed by atoms with E-state index in [4.69, 9.17) is 4.74 Å². The summed E-state index contributed by atoms with van der Waals surface area (Å²) in [5.41, 5.74) is 2.21. The first-order chi connectivity index (χ1) is 11.6. The predicted octanol–water partition coefficient (Wildman–Crippen LogP) is 2.89. The van der Waals surface area contributed by atoms with Gasteiger partial charge in [0.15, 0.2) is 5.82 Å². The number of nitrogens with one attached hydrogen (secondary N) is 1. The van der Waals surface area contributed by atoms with E-state index in [1.54, 1.807) is 16.0 Å². The minimum Gasteiger partial charge on any atom is -0.369 e. The standard InChI is InChI=1S/C17H22N4O2S/c1-12-11-20(2)19-15(12)18-16(22)21-7-5-17(6-8-21)14-13(3-9-23-17)4-10-24-14/h4,10-11H,3,5-9H2,1-2H3,(H,18,19,22). The smallest absolute Gasteiger partial charge is 0.323 e. The molecule has 2 aromatic rings. The molecule has 24 heavy (non-hydrogen) atoms. The second kappa shape index (κ2) is 5.89. The summed E-state index contributed by atoms with van der Waals surface area (Å²) in [6.07, 6.45) is 4.61. The van der Waals surface area contributed by atoms with Crippen molar-refractivity contribution < 1.29 is 9.53 Å². The summed E-state index contributed by atoms with van der Waals surface area (Å²) < 4.78 is 7.91. The summed E-state index contributed by atoms with van der Waals surface area (Å²) in [4.78, 5) is 15.8. The van der Waals surface area contributed by atoms with Crippen LogP contribution in [0.1, 0.15) is 28.8 Å². The molecule has 128 valence electrons. The Morgan fingerprint density at radius 1 is 1.42 bits per heavy atom. The van der Waals surface area contributed by atoms with E-state index in [0.29, 0.717) is 18.9 Å².